The van der Waals surface area contributed by atoms with E-state index in [4.69, 9.17) is 9.47 Å². The molecule has 3 N–H and O–H groups in total. The summed E-state index contributed by atoms with van der Waals surface area (Å²) in [5.74, 6) is 0. The maximum absolute atomic E-state index is 11.9. The quantitative estimate of drug-likeness (QED) is 0.593. The second kappa shape index (κ2) is 4.26. The van der Waals surface area contributed by atoms with E-state index in [-0.39, 0.29) is 0 Å². The van der Waals surface area contributed by atoms with Crippen molar-refractivity contribution in [3.63, 3.8) is 0 Å². The number of aromatic nitrogens is 2. The summed E-state index contributed by atoms with van der Waals surface area (Å²) in [6, 6.07) is 0. The minimum Gasteiger partial charge on any atom is -0.393 e. The molecule has 0 aromatic carbocycles. The molecular weight excluding hydrogens is 268 g/mol. The molecule has 2 saturated heterocycles. The first-order valence-corrected chi connectivity index (χ1v) is 6.35. The Labute approximate surface area is 113 Å². The van der Waals surface area contributed by atoms with Crippen molar-refractivity contribution in [2.45, 2.75) is 44.0 Å². The highest BCUT2D eigenvalue weighted by molar-refractivity contribution is 5.12. The molecule has 8 heteroatoms. The fourth-order valence-electron chi connectivity index (χ4n) is 2.87. The van der Waals surface area contributed by atoms with Crippen LogP contribution in [0.15, 0.2) is 15.8 Å². The van der Waals surface area contributed by atoms with Crippen LogP contribution in [0.5, 0.6) is 0 Å². The highest BCUT2D eigenvalue weighted by atomic mass is 16.7. The van der Waals surface area contributed by atoms with Crippen LogP contribution >= 0.6 is 0 Å². The number of aromatic amines is 1. The molecule has 0 aliphatic carbocycles. The lowest BCUT2D eigenvalue weighted by molar-refractivity contribution is -0.218. The van der Waals surface area contributed by atoms with Crippen LogP contribution in [0.1, 0.15) is 18.7 Å². The monoisotopic (exact) mass is 284 g/mol. The molecule has 0 radical (unpaired) electrons. The van der Waals surface area contributed by atoms with Crippen molar-refractivity contribution in [3.8, 4) is 0 Å². The highest BCUT2D eigenvalue weighted by Gasteiger charge is 2.65. The van der Waals surface area contributed by atoms with Crippen molar-refractivity contribution in [2.24, 2.45) is 0 Å². The molecule has 2 fully saturated rings. The van der Waals surface area contributed by atoms with Crippen molar-refractivity contribution in [3.05, 3.63) is 32.6 Å². The van der Waals surface area contributed by atoms with E-state index in [1.54, 1.807) is 13.8 Å². The van der Waals surface area contributed by atoms with Crippen molar-refractivity contribution in [1.82, 2.24) is 9.55 Å². The summed E-state index contributed by atoms with van der Waals surface area (Å²) >= 11 is 0. The fraction of sp³-hybridized carbons (Fsp3) is 0.667. The van der Waals surface area contributed by atoms with Crippen molar-refractivity contribution < 1.29 is 19.7 Å². The highest BCUT2D eigenvalue weighted by Crippen LogP contribution is 2.47. The number of aliphatic hydroxyl groups excluding tert-OH is 2. The van der Waals surface area contributed by atoms with Crippen LogP contribution in [0, 0.1) is 6.92 Å². The van der Waals surface area contributed by atoms with Gasteiger partial charge in [-0.25, -0.2) is 4.79 Å². The molecule has 1 aromatic heterocycles. The Morgan fingerprint density at radius 2 is 2.20 bits per heavy atom. The van der Waals surface area contributed by atoms with Crippen LogP contribution in [-0.2, 0) is 9.47 Å². The molecule has 5 atom stereocenters. The third-order valence-corrected chi connectivity index (χ3v) is 4.15. The number of fused-ring (bicyclic) bond motifs is 2. The zero-order valence-corrected chi connectivity index (χ0v) is 11.1. The summed E-state index contributed by atoms with van der Waals surface area (Å²) in [5.41, 5.74) is -2.01. The van der Waals surface area contributed by atoms with Crippen LogP contribution < -0.4 is 11.2 Å². The molecule has 0 amide bonds. The summed E-state index contributed by atoms with van der Waals surface area (Å²) in [6.45, 7) is 2.83. The van der Waals surface area contributed by atoms with Crippen molar-refractivity contribution >= 4 is 0 Å². The molecule has 1 aromatic rings. The summed E-state index contributed by atoms with van der Waals surface area (Å²) in [4.78, 5) is 25.4. The van der Waals surface area contributed by atoms with E-state index in [0.717, 1.165) is 0 Å². The van der Waals surface area contributed by atoms with Gasteiger partial charge in [-0.2, -0.15) is 0 Å². The maximum atomic E-state index is 11.9. The van der Waals surface area contributed by atoms with E-state index in [1.807, 2.05) is 0 Å². The largest absolute Gasteiger partial charge is 0.393 e. The number of rotatable bonds is 2. The minimum absolute atomic E-state index is 0.344. The molecule has 0 saturated carbocycles. The van der Waals surface area contributed by atoms with Gasteiger partial charge in [0, 0.05) is 11.8 Å². The maximum Gasteiger partial charge on any atom is 0.330 e. The molecule has 110 valence electrons. The van der Waals surface area contributed by atoms with Gasteiger partial charge >= 0.3 is 5.69 Å². The molecule has 8 nitrogen and oxygen atoms in total. The minimum atomic E-state index is -1.24. The molecule has 5 unspecified atom stereocenters. The van der Waals surface area contributed by atoms with E-state index < -0.39 is 48.0 Å². The van der Waals surface area contributed by atoms with Crippen LogP contribution in [-0.4, -0.2) is 50.3 Å². The number of nitrogens with zero attached hydrogens (tertiary/aromatic N) is 1. The normalized spacial score (nSPS) is 39.4. The van der Waals surface area contributed by atoms with Gasteiger partial charge in [0.25, 0.3) is 5.56 Å². The Hall–Kier alpha value is -1.48. The van der Waals surface area contributed by atoms with Crippen molar-refractivity contribution in [1.29, 1.82) is 0 Å². The van der Waals surface area contributed by atoms with E-state index in [2.05, 4.69) is 4.98 Å². The average molecular weight is 284 g/mol. The van der Waals surface area contributed by atoms with Crippen molar-refractivity contribution in [2.75, 3.05) is 6.61 Å². The standard InChI is InChI=1S/C12H16N2O6/c1-5-3-14(11(18)13-9(5)17)10-7-8(16)12(4-15,20-10)6(2)19-7/h3,6-8,10,15-16H,4H2,1-2H3,(H,13,17,18). The first kappa shape index (κ1) is 13.5. The van der Waals surface area contributed by atoms with Gasteiger partial charge in [-0.1, -0.05) is 0 Å². The topological polar surface area (TPSA) is 114 Å². The molecule has 2 aliphatic heterocycles. The van der Waals surface area contributed by atoms with E-state index in [9.17, 15) is 19.8 Å². The van der Waals surface area contributed by atoms with Gasteiger partial charge in [0.15, 0.2) is 6.23 Å². The van der Waals surface area contributed by atoms with Crippen LogP contribution in [0.25, 0.3) is 0 Å². The number of nitrogens with one attached hydrogen (secondary N) is 1. The molecule has 2 bridgehead atoms. The first-order valence-electron chi connectivity index (χ1n) is 6.35. The third-order valence-electron chi connectivity index (χ3n) is 4.15. The summed E-state index contributed by atoms with van der Waals surface area (Å²) < 4.78 is 12.4. The number of ether oxygens (including phenoxy) is 2. The first-order chi connectivity index (χ1) is 9.40. The lowest BCUT2D eigenvalue weighted by Gasteiger charge is -2.34. The Morgan fingerprint density at radius 3 is 2.80 bits per heavy atom. The zero-order chi connectivity index (χ0) is 14.7. The van der Waals surface area contributed by atoms with Gasteiger partial charge in [0.1, 0.15) is 17.8 Å². The fourth-order valence-corrected chi connectivity index (χ4v) is 2.87. The van der Waals surface area contributed by atoms with Gasteiger partial charge in [0.05, 0.1) is 12.7 Å². The number of hydrogen-bond acceptors (Lipinski definition) is 6. The van der Waals surface area contributed by atoms with Gasteiger partial charge in [-0.05, 0) is 13.8 Å². The van der Waals surface area contributed by atoms with Gasteiger partial charge in [-0.3, -0.25) is 14.3 Å². The SMILES string of the molecule is Cc1cn(C2OC3(CO)C(C)OC2C3O)c(=O)[nH]c1=O. The van der Waals surface area contributed by atoms with E-state index in [1.165, 1.54) is 10.8 Å². The Morgan fingerprint density at radius 1 is 1.50 bits per heavy atom. The van der Waals surface area contributed by atoms with E-state index in [0.29, 0.717) is 5.56 Å². The van der Waals surface area contributed by atoms with Crippen LogP contribution in [0.4, 0.5) is 0 Å². The predicted octanol–water partition coefficient (Wildman–Crippen LogP) is -1.75. The average Bonchev–Trinajstić information content (AvgIpc) is 2.81. The number of aliphatic hydroxyl groups is 2. The summed E-state index contributed by atoms with van der Waals surface area (Å²) in [5, 5.41) is 19.7. The Bertz CT molecular complexity index is 652. The molecule has 3 heterocycles. The Balaban J connectivity index is 2.05. The lowest BCUT2D eigenvalue weighted by Crippen LogP contribution is -2.50. The predicted molar refractivity (Wildman–Crippen MR) is 66.3 cm³/mol. The van der Waals surface area contributed by atoms with Gasteiger partial charge in [0.2, 0.25) is 0 Å². The lowest BCUT2D eigenvalue weighted by atomic mass is 9.95. The van der Waals surface area contributed by atoms with E-state index >= 15 is 0 Å². The van der Waals surface area contributed by atoms with Gasteiger partial charge in [-0.15, -0.1) is 0 Å². The number of aryl methyl sites for hydroxylation is 1. The third kappa shape index (κ3) is 1.56. The Kier molecular flexibility index (Phi) is 2.87. The second-order valence-electron chi connectivity index (χ2n) is 5.29. The van der Waals surface area contributed by atoms with Crippen LogP contribution in [0.2, 0.25) is 0 Å². The van der Waals surface area contributed by atoms with Gasteiger partial charge < -0.3 is 19.7 Å². The zero-order valence-electron chi connectivity index (χ0n) is 11.1. The molecular formula is C12H16N2O6. The van der Waals surface area contributed by atoms with Crippen LogP contribution in [0.3, 0.4) is 0 Å². The summed E-state index contributed by atoms with van der Waals surface area (Å²) in [7, 11) is 0. The molecule has 0 spiro atoms. The second-order valence-corrected chi connectivity index (χ2v) is 5.29. The summed E-state index contributed by atoms with van der Waals surface area (Å²) in [6.07, 6.45) is -1.80. The molecule has 20 heavy (non-hydrogen) atoms. The molecule has 3 rings (SSSR count). The molecule has 2 aliphatic rings. The number of hydrogen-bond donors (Lipinski definition) is 3. The number of H-pyrrole nitrogens is 1. The smallest absolute Gasteiger partial charge is 0.330 e.